The number of amides is 1. The number of halogens is 1. The van der Waals surface area contributed by atoms with Gasteiger partial charge in [-0.3, -0.25) is 4.79 Å². The predicted octanol–water partition coefficient (Wildman–Crippen LogP) is 4.24. The zero-order chi connectivity index (χ0) is 13.7. The molecule has 98 valence electrons. The number of alkyl halides is 1. The number of aryl methyl sites for hydroxylation is 1. The number of carbonyl (C=O) groups is 1. The first kappa shape index (κ1) is 13.6. The highest BCUT2D eigenvalue weighted by Crippen LogP contribution is 2.17. The first-order chi connectivity index (χ1) is 9.24. The Morgan fingerprint density at radius 2 is 1.95 bits per heavy atom. The minimum Gasteiger partial charge on any atom is -0.322 e. The molecule has 0 unspecified atom stereocenters. The van der Waals surface area contributed by atoms with Crippen LogP contribution in [0.25, 0.3) is 0 Å². The third-order valence-corrected chi connectivity index (χ3v) is 3.30. The maximum Gasteiger partial charge on any atom is 0.255 e. The molecule has 0 heterocycles. The van der Waals surface area contributed by atoms with Gasteiger partial charge in [-0.1, -0.05) is 37.3 Å². The molecule has 0 aliphatic heterocycles. The second-order valence-electron chi connectivity index (χ2n) is 4.30. The van der Waals surface area contributed by atoms with E-state index in [1.165, 1.54) is 0 Å². The molecule has 2 nitrogen and oxygen atoms in total. The lowest BCUT2D eigenvalue weighted by atomic mass is 10.1. The van der Waals surface area contributed by atoms with Gasteiger partial charge in [0.15, 0.2) is 0 Å². The van der Waals surface area contributed by atoms with Gasteiger partial charge >= 0.3 is 0 Å². The van der Waals surface area contributed by atoms with Crippen LogP contribution in [-0.4, -0.2) is 5.91 Å². The molecule has 0 spiro atoms. The summed E-state index contributed by atoms with van der Waals surface area (Å²) in [5.41, 5.74) is 3.57. The van der Waals surface area contributed by atoms with Crippen LogP contribution in [0.4, 0.5) is 5.69 Å². The second-order valence-corrected chi connectivity index (χ2v) is 4.57. The van der Waals surface area contributed by atoms with E-state index in [2.05, 4.69) is 12.2 Å². The summed E-state index contributed by atoms with van der Waals surface area (Å²) in [7, 11) is 0. The summed E-state index contributed by atoms with van der Waals surface area (Å²) < 4.78 is 0. The highest BCUT2D eigenvalue weighted by Gasteiger charge is 2.08. The van der Waals surface area contributed by atoms with Gasteiger partial charge in [0.25, 0.3) is 5.91 Å². The van der Waals surface area contributed by atoms with E-state index in [-0.39, 0.29) is 5.91 Å². The van der Waals surface area contributed by atoms with Gasteiger partial charge in [0.05, 0.1) is 0 Å². The molecule has 2 aromatic rings. The first-order valence-corrected chi connectivity index (χ1v) is 6.82. The van der Waals surface area contributed by atoms with Crippen molar-refractivity contribution in [3.05, 3.63) is 65.2 Å². The van der Waals surface area contributed by atoms with Gasteiger partial charge < -0.3 is 5.32 Å². The fourth-order valence-electron chi connectivity index (χ4n) is 1.94. The molecule has 1 amide bonds. The zero-order valence-corrected chi connectivity index (χ0v) is 11.6. The van der Waals surface area contributed by atoms with Crippen molar-refractivity contribution >= 4 is 23.2 Å². The van der Waals surface area contributed by atoms with Gasteiger partial charge in [-0.15, -0.1) is 11.6 Å². The Labute approximate surface area is 118 Å². The van der Waals surface area contributed by atoms with Crippen molar-refractivity contribution < 1.29 is 4.79 Å². The topological polar surface area (TPSA) is 29.1 Å². The Morgan fingerprint density at radius 3 is 2.68 bits per heavy atom. The second kappa shape index (κ2) is 6.39. The number of anilines is 1. The van der Waals surface area contributed by atoms with Gasteiger partial charge in [-0.05, 0) is 35.7 Å². The fourth-order valence-corrected chi connectivity index (χ4v) is 2.11. The Morgan fingerprint density at radius 1 is 1.16 bits per heavy atom. The monoisotopic (exact) mass is 273 g/mol. The average molecular weight is 274 g/mol. The quantitative estimate of drug-likeness (QED) is 0.830. The van der Waals surface area contributed by atoms with Gasteiger partial charge in [0.2, 0.25) is 0 Å². The number of rotatable bonds is 4. The molecule has 0 aliphatic carbocycles. The average Bonchev–Trinajstić information content (AvgIpc) is 2.47. The van der Waals surface area contributed by atoms with E-state index in [9.17, 15) is 4.79 Å². The van der Waals surface area contributed by atoms with Crippen molar-refractivity contribution in [2.75, 3.05) is 5.32 Å². The van der Waals surface area contributed by atoms with E-state index in [0.29, 0.717) is 11.4 Å². The number of nitrogens with one attached hydrogen (secondary N) is 1. The third kappa shape index (κ3) is 3.36. The summed E-state index contributed by atoms with van der Waals surface area (Å²) in [6, 6.07) is 15.2. The standard InChI is InChI=1S/C16H16ClNO/c1-2-13-7-3-4-9-15(13)18-16(19)14-8-5-6-12(10-14)11-17/h3-10H,2,11H2,1H3,(H,18,19). The number of hydrogen-bond donors (Lipinski definition) is 1. The van der Waals surface area contributed by atoms with Crippen LogP contribution in [0.5, 0.6) is 0 Å². The van der Waals surface area contributed by atoms with Gasteiger partial charge in [0.1, 0.15) is 0 Å². The van der Waals surface area contributed by atoms with E-state index in [1.54, 1.807) is 6.07 Å². The minimum atomic E-state index is -0.104. The lowest BCUT2D eigenvalue weighted by Gasteiger charge is -2.10. The fraction of sp³-hybridized carbons (Fsp3) is 0.188. The van der Waals surface area contributed by atoms with Crippen LogP contribution in [0, 0.1) is 0 Å². The SMILES string of the molecule is CCc1ccccc1NC(=O)c1cccc(CCl)c1. The summed E-state index contributed by atoms with van der Waals surface area (Å²) >= 11 is 5.78. The van der Waals surface area contributed by atoms with Crippen LogP contribution in [0.15, 0.2) is 48.5 Å². The molecule has 0 aromatic heterocycles. The summed E-state index contributed by atoms with van der Waals surface area (Å²) in [6.45, 7) is 2.07. The molecule has 0 atom stereocenters. The van der Waals surface area contributed by atoms with Crippen molar-refractivity contribution in [3.63, 3.8) is 0 Å². The number of carbonyl (C=O) groups excluding carboxylic acids is 1. The molecule has 2 rings (SSSR count). The Balaban J connectivity index is 2.20. The van der Waals surface area contributed by atoms with Crippen LogP contribution in [-0.2, 0) is 12.3 Å². The molecule has 19 heavy (non-hydrogen) atoms. The lowest BCUT2D eigenvalue weighted by molar-refractivity contribution is 0.102. The number of para-hydroxylation sites is 1. The van der Waals surface area contributed by atoms with E-state index in [4.69, 9.17) is 11.6 Å². The van der Waals surface area contributed by atoms with Crippen molar-refractivity contribution in [1.82, 2.24) is 0 Å². The molecule has 0 aliphatic rings. The highest BCUT2D eigenvalue weighted by atomic mass is 35.5. The van der Waals surface area contributed by atoms with Crippen molar-refractivity contribution in [2.24, 2.45) is 0 Å². The van der Waals surface area contributed by atoms with E-state index >= 15 is 0 Å². The van der Waals surface area contributed by atoms with Gasteiger partial charge in [-0.2, -0.15) is 0 Å². The van der Waals surface area contributed by atoms with Crippen LogP contribution in [0.2, 0.25) is 0 Å². The largest absolute Gasteiger partial charge is 0.322 e. The lowest BCUT2D eigenvalue weighted by Crippen LogP contribution is -2.13. The van der Waals surface area contributed by atoms with Crippen molar-refractivity contribution in [2.45, 2.75) is 19.2 Å². The van der Waals surface area contributed by atoms with E-state index in [0.717, 1.165) is 23.2 Å². The number of benzene rings is 2. The summed E-state index contributed by atoms with van der Waals surface area (Å²) in [4.78, 5) is 12.2. The molecule has 0 saturated heterocycles. The maximum atomic E-state index is 12.2. The minimum absolute atomic E-state index is 0.104. The third-order valence-electron chi connectivity index (χ3n) is 2.99. The van der Waals surface area contributed by atoms with E-state index < -0.39 is 0 Å². The highest BCUT2D eigenvalue weighted by molar-refractivity contribution is 6.17. The van der Waals surface area contributed by atoms with Gasteiger partial charge in [-0.25, -0.2) is 0 Å². The van der Waals surface area contributed by atoms with Crippen LogP contribution < -0.4 is 5.32 Å². The molecular formula is C16H16ClNO. The molecule has 0 bridgehead atoms. The predicted molar refractivity (Wildman–Crippen MR) is 79.8 cm³/mol. The smallest absolute Gasteiger partial charge is 0.255 e. The molecule has 0 radical (unpaired) electrons. The van der Waals surface area contributed by atoms with Crippen molar-refractivity contribution in [3.8, 4) is 0 Å². The van der Waals surface area contributed by atoms with Crippen LogP contribution in [0.3, 0.4) is 0 Å². The van der Waals surface area contributed by atoms with Gasteiger partial charge in [0, 0.05) is 17.1 Å². The number of hydrogen-bond acceptors (Lipinski definition) is 1. The normalized spacial score (nSPS) is 10.2. The summed E-state index contributed by atoms with van der Waals surface area (Å²) in [5, 5.41) is 2.95. The summed E-state index contributed by atoms with van der Waals surface area (Å²) in [6.07, 6.45) is 0.887. The molecule has 3 heteroatoms. The molecule has 2 aromatic carbocycles. The Kier molecular flexibility index (Phi) is 4.58. The molecular weight excluding hydrogens is 258 g/mol. The molecule has 1 N–H and O–H groups in total. The Hall–Kier alpha value is -1.80. The Bertz CT molecular complexity index is 580. The molecule has 0 saturated carbocycles. The first-order valence-electron chi connectivity index (χ1n) is 6.28. The van der Waals surface area contributed by atoms with Crippen LogP contribution >= 0.6 is 11.6 Å². The zero-order valence-electron chi connectivity index (χ0n) is 10.8. The summed E-state index contributed by atoms with van der Waals surface area (Å²) in [5.74, 6) is 0.306. The van der Waals surface area contributed by atoms with Crippen LogP contribution in [0.1, 0.15) is 28.4 Å². The maximum absolute atomic E-state index is 12.2. The van der Waals surface area contributed by atoms with E-state index in [1.807, 2.05) is 42.5 Å². The molecule has 0 fully saturated rings. The van der Waals surface area contributed by atoms with Crippen molar-refractivity contribution in [1.29, 1.82) is 0 Å².